The summed E-state index contributed by atoms with van der Waals surface area (Å²) in [6, 6.07) is 14.4. The van der Waals surface area contributed by atoms with Crippen LogP contribution in [0.2, 0.25) is 0 Å². The largest absolute Gasteiger partial charge is 0.457 e. The van der Waals surface area contributed by atoms with Gasteiger partial charge in [-0.05, 0) is 36.4 Å². The number of hydrogen-bond acceptors (Lipinski definition) is 3. The standard InChI is InChI=1S/C13H10O2S/c14-9-10-3-1-2-4-13(10)15-11-5-7-12(16)8-6-11/h1-9,16H. The van der Waals surface area contributed by atoms with E-state index in [1.165, 1.54) is 0 Å². The molecule has 2 aromatic carbocycles. The lowest BCUT2D eigenvalue weighted by Gasteiger charge is -2.07. The maximum Gasteiger partial charge on any atom is 0.153 e. The van der Waals surface area contributed by atoms with Crippen LogP contribution in [0.25, 0.3) is 0 Å². The molecule has 0 saturated heterocycles. The fourth-order valence-corrected chi connectivity index (χ4v) is 1.46. The number of carbonyl (C=O) groups is 1. The number of carbonyl (C=O) groups excluding carboxylic acids is 1. The van der Waals surface area contributed by atoms with Gasteiger partial charge in [-0.2, -0.15) is 0 Å². The highest BCUT2D eigenvalue weighted by molar-refractivity contribution is 7.80. The molecule has 0 aliphatic heterocycles. The van der Waals surface area contributed by atoms with Crippen LogP contribution in [0.5, 0.6) is 11.5 Å². The van der Waals surface area contributed by atoms with Gasteiger partial charge in [-0.1, -0.05) is 12.1 Å². The Bertz CT molecular complexity index is 492. The van der Waals surface area contributed by atoms with Gasteiger partial charge >= 0.3 is 0 Å². The van der Waals surface area contributed by atoms with Crippen molar-refractivity contribution in [1.82, 2.24) is 0 Å². The third-order valence-electron chi connectivity index (χ3n) is 2.11. The van der Waals surface area contributed by atoms with Gasteiger partial charge in [0, 0.05) is 4.90 Å². The molecule has 0 aliphatic carbocycles. The van der Waals surface area contributed by atoms with Gasteiger partial charge in [0.05, 0.1) is 5.56 Å². The van der Waals surface area contributed by atoms with Gasteiger partial charge in [-0.25, -0.2) is 0 Å². The summed E-state index contributed by atoms with van der Waals surface area (Å²) in [4.78, 5) is 11.7. The van der Waals surface area contributed by atoms with Crippen molar-refractivity contribution in [3.05, 3.63) is 54.1 Å². The Morgan fingerprint density at radius 1 is 1.00 bits per heavy atom. The summed E-state index contributed by atoms with van der Waals surface area (Å²) >= 11 is 4.18. The van der Waals surface area contributed by atoms with Gasteiger partial charge in [0.1, 0.15) is 11.5 Å². The Balaban J connectivity index is 2.26. The van der Waals surface area contributed by atoms with Crippen LogP contribution >= 0.6 is 12.6 Å². The highest BCUT2D eigenvalue weighted by Crippen LogP contribution is 2.24. The maximum atomic E-state index is 10.8. The lowest BCUT2D eigenvalue weighted by atomic mass is 10.2. The van der Waals surface area contributed by atoms with Gasteiger partial charge < -0.3 is 4.74 Å². The molecule has 16 heavy (non-hydrogen) atoms. The zero-order valence-corrected chi connectivity index (χ0v) is 9.35. The second kappa shape index (κ2) is 4.86. The fourth-order valence-electron chi connectivity index (χ4n) is 1.31. The highest BCUT2D eigenvalue weighted by Gasteiger charge is 2.02. The van der Waals surface area contributed by atoms with Gasteiger partial charge in [-0.3, -0.25) is 4.79 Å². The zero-order chi connectivity index (χ0) is 11.4. The number of rotatable bonds is 3. The van der Waals surface area contributed by atoms with Crippen LogP contribution in [0.3, 0.4) is 0 Å². The van der Waals surface area contributed by atoms with Crippen LogP contribution in [-0.2, 0) is 0 Å². The molecular formula is C13H10O2S. The molecule has 0 atom stereocenters. The second-order valence-electron chi connectivity index (χ2n) is 3.25. The van der Waals surface area contributed by atoms with Crippen molar-refractivity contribution < 1.29 is 9.53 Å². The van der Waals surface area contributed by atoms with E-state index >= 15 is 0 Å². The SMILES string of the molecule is O=Cc1ccccc1Oc1ccc(S)cc1. The van der Waals surface area contributed by atoms with Crippen LogP contribution in [0.4, 0.5) is 0 Å². The first-order chi connectivity index (χ1) is 7.79. The smallest absolute Gasteiger partial charge is 0.153 e. The van der Waals surface area contributed by atoms with Crippen molar-refractivity contribution in [2.75, 3.05) is 0 Å². The van der Waals surface area contributed by atoms with E-state index in [4.69, 9.17) is 4.74 Å². The highest BCUT2D eigenvalue weighted by atomic mass is 32.1. The third-order valence-corrected chi connectivity index (χ3v) is 2.41. The minimum atomic E-state index is 0.539. The molecule has 0 fully saturated rings. The summed E-state index contributed by atoms with van der Waals surface area (Å²) in [7, 11) is 0. The lowest BCUT2D eigenvalue weighted by Crippen LogP contribution is -1.89. The summed E-state index contributed by atoms with van der Waals surface area (Å²) in [5.74, 6) is 1.25. The molecule has 0 bridgehead atoms. The predicted octanol–water partition coefficient (Wildman–Crippen LogP) is 3.58. The number of thiol groups is 1. The van der Waals surface area contributed by atoms with E-state index in [9.17, 15) is 4.79 Å². The molecule has 2 aromatic rings. The van der Waals surface area contributed by atoms with E-state index in [1.54, 1.807) is 18.2 Å². The van der Waals surface area contributed by atoms with Crippen LogP contribution < -0.4 is 4.74 Å². The van der Waals surface area contributed by atoms with Crippen molar-refractivity contribution in [3.63, 3.8) is 0 Å². The molecular weight excluding hydrogens is 220 g/mol. The average molecular weight is 230 g/mol. The number of ether oxygens (including phenoxy) is 1. The normalized spacial score (nSPS) is 9.81. The van der Waals surface area contributed by atoms with Crippen molar-refractivity contribution in [2.24, 2.45) is 0 Å². The number of hydrogen-bond donors (Lipinski definition) is 1. The van der Waals surface area contributed by atoms with Crippen molar-refractivity contribution in [2.45, 2.75) is 4.90 Å². The quantitative estimate of drug-likeness (QED) is 0.644. The summed E-state index contributed by atoms with van der Waals surface area (Å²) in [5, 5.41) is 0. The minimum absolute atomic E-state index is 0.539. The molecule has 0 amide bonds. The Kier molecular flexibility index (Phi) is 3.27. The van der Waals surface area contributed by atoms with E-state index in [-0.39, 0.29) is 0 Å². The molecule has 0 radical (unpaired) electrons. The topological polar surface area (TPSA) is 26.3 Å². The summed E-state index contributed by atoms with van der Waals surface area (Å²) in [6.07, 6.45) is 0.780. The molecule has 2 rings (SSSR count). The summed E-state index contributed by atoms with van der Waals surface area (Å²) in [5.41, 5.74) is 0.539. The van der Waals surface area contributed by atoms with Crippen LogP contribution in [0.15, 0.2) is 53.4 Å². The molecule has 0 unspecified atom stereocenters. The molecule has 0 spiro atoms. The molecule has 0 aromatic heterocycles. The maximum absolute atomic E-state index is 10.8. The first-order valence-corrected chi connectivity index (χ1v) is 5.25. The average Bonchev–Trinajstić information content (AvgIpc) is 2.33. The lowest BCUT2D eigenvalue weighted by molar-refractivity contribution is 0.112. The van der Waals surface area contributed by atoms with E-state index < -0.39 is 0 Å². The van der Waals surface area contributed by atoms with Gasteiger partial charge in [0.2, 0.25) is 0 Å². The van der Waals surface area contributed by atoms with Gasteiger partial charge in [0.15, 0.2) is 6.29 Å². The fraction of sp³-hybridized carbons (Fsp3) is 0. The van der Waals surface area contributed by atoms with E-state index in [1.807, 2.05) is 30.3 Å². The van der Waals surface area contributed by atoms with Crippen molar-refractivity contribution in [1.29, 1.82) is 0 Å². The van der Waals surface area contributed by atoms with E-state index in [0.29, 0.717) is 17.1 Å². The van der Waals surface area contributed by atoms with Crippen molar-refractivity contribution in [3.8, 4) is 11.5 Å². The van der Waals surface area contributed by atoms with E-state index in [2.05, 4.69) is 12.6 Å². The minimum Gasteiger partial charge on any atom is -0.457 e. The molecule has 2 nitrogen and oxygen atoms in total. The van der Waals surface area contributed by atoms with E-state index in [0.717, 1.165) is 11.2 Å². The Hall–Kier alpha value is -1.74. The van der Waals surface area contributed by atoms with Gasteiger partial charge in [-0.15, -0.1) is 12.6 Å². The summed E-state index contributed by atoms with van der Waals surface area (Å²) in [6.45, 7) is 0. The number of aldehydes is 1. The zero-order valence-electron chi connectivity index (χ0n) is 8.46. The molecule has 0 aliphatic rings. The van der Waals surface area contributed by atoms with Crippen molar-refractivity contribution >= 4 is 18.9 Å². The predicted molar refractivity (Wildman–Crippen MR) is 65.6 cm³/mol. The first kappa shape index (κ1) is 10.8. The molecule has 0 saturated carbocycles. The Morgan fingerprint density at radius 3 is 2.38 bits per heavy atom. The molecule has 0 heterocycles. The van der Waals surface area contributed by atoms with Gasteiger partial charge in [0.25, 0.3) is 0 Å². The van der Waals surface area contributed by atoms with Crippen LogP contribution in [0, 0.1) is 0 Å². The second-order valence-corrected chi connectivity index (χ2v) is 3.77. The number of para-hydroxylation sites is 1. The summed E-state index contributed by atoms with van der Waals surface area (Å²) < 4.78 is 5.59. The third kappa shape index (κ3) is 2.44. The number of benzene rings is 2. The van der Waals surface area contributed by atoms with Crippen LogP contribution in [0.1, 0.15) is 10.4 Å². The molecule has 3 heteroatoms. The first-order valence-electron chi connectivity index (χ1n) is 4.80. The Labute approximate surface area is 99.3 Å². The molecule has 80 valence electrons. The monoisotopic (exact) mass is 230 g/mol. The Morgan fingerprint density at radius 2 is 1.69 bits per heavy atom. The van der Waals surface area contributed by atoms with Crippen LogP contribution in [-0.4, -0.2) is 6.29 Å². The molecule has 0 N–H and O–H groups in total.